The standard InChI is InChI=1S/C34H66O4/c1-4-5-6-7-8-9-10-11-12-13-14-15-16-19-22-25-30-37-33(35)28-23-20-17-18-21-24-29-34(36)38-31-26-27-32(2)3/h32H,4-31H2,1-3H3. The Balaban J connectivity index is 3.23. The first-order valence-electron chi connectivity index (χ1n) is 16.9. The van der Waals surface area contributed by atoms with Crippen LogP contribution >= 0.6 is 0 Å². The molecule has 0 aromatic carbocycles. The molecule has 0 radical (unpaired) electrons. The summed E-state index contributed by atoms with van der Waals surface area (Å²) in [5.74, 6) is 0.575. The van der Waals surface area contributed by atoms with Crippen LogP contribution in [0, 0.1) is 5.92 Å². The van der Waals surface area contributed by atoms with Crippen LogP contribution in [-0.2, 0) is 19.1 Å². The lowest BCUT2D eigenvalue weighted by molar-refractivity contribution is -0.144. The molecule has 0 aromatic heterocycles. The van der Waals surface area contributed by atoms with Crippen molar-refractivity contribution in [3.8, 4) is 0 Å². The van der Waals surface area contributed by atoms with Crippen molar-refractivity contribution in [3.63, 3.8) is 0 Å². The molecule has 0 spiro atoms. The third-order valence-electron chi connectivity index (χ3n) is 7.46. The maximum atomic E-state index is 11.9. The fourth-order valence-corrected chi connectivity index (χ4v) is 4.90. The van der Waals surface area contributed by atoms with Crippen LogP contribution < -0.4 is 0 Å². The van der Waals surface area contributed by atoms with Gasteiger partial charge < -0.3 is 9.47 Å². The molecule has 0 aliphatic carbocycles. The SMILES string of the molecule is CCCCCCCCCCCCCCCCCCOC(=O)CCCCCCCCC(=O)OCCCC(C)C. The number of esters is 2. The summed E-state index contributed by atoms with van der Waals surface area (Å²) >= 11 is 0. The largest absolute Gasteiger partial charge is 0.466 e. The highest BCUT2D eigenvalue weighted by molar-refractivity contribution is 5.69. The average molecular weight is 539 g/mol. The van der Waals surface area contributed by atoms with Crippen molar-refractivity contribution in [2.75, 3.05) is 13.2 Å². The lowest BCUT2D eigenvalue weighted by atomic mass is 10.0. The average Bonchev–Trinajstić information content (AvgIpc) is 2.89. The Morgan fingerprint density at radius 2 is 0.763 bits per heavy atom. The summed E-state index contributed by atoms with van der Waals surface area (Å²) in [4.78, 5) is 23.6. The Morgan fingerprint density at radius 1 is 0.447 bits per heavy atom. The molecule has 0 saturated heterocycles. The van der Waals surface area contributed by atoms with E-state index in [1.165, 1.54) is 96.3 Å². The van der Waals surface area contributed by atoms with Crippen molar-refractivity contribution in [2.45, 2.75) is 188 Å². The van der Waals surface area contributed by atoms with Gasteiger partial charge in [-0.15, -0.1) is 0 Å². The first-order valence-corrected chi connectivity index (χ1v) is 16.9. The van der Waals surface area contributed by atoms with Crippen LogP contribution in [0.4, 0.5) is 0 Å². The molecular weight excluding hydrogens is 472 g/mol. The molecule has 4 nitrogen and oxygen atoms in total. The molecule has 0 rings (SSSR count). The van der Waals surface area contributed by atoms with Crippen molar-refractivity contribution in [3.05, 3.63) is 0 Å². The fraction of sp³-hybridized carbons (Fsp3) is 0.941. The van der Waals surface area contributed by atoms with E-state index in [4.69, 9.17) is 9.47 Å². The number of carbonyl (C=O) groups excluding carboxylic acids is 2. The second-order valence-corrected chi connectivity index (χ2v) is 11.9. The van der Waals surface area contributed by atoms with Crippen LogP contribution in [0.2, 0.25) is 0 Å². The van der Waals surface area contributed by atoms with Crippen molar-refractivity contribution < 1.29 is 19.1 Å². The van der Waals surface area contributed by atoms with Crippen LogP contribution in [0.25, 0.3) is 0 Å². The molecular formula is C34H66O4. The number of carbonyl (C=O) groups is 2. The number of unbranched alkanes of at least 4 members (excludes halogenated alkanes) is 20. The summed E-state index contributed by atoms with van der Waals surface area (Å²) in [5, 5.41) is 0. The highest BCUT2D eigenvalue weighted by Gasteiger charge is 2.05. The van der Waals surface area contributed by atoms with Crippen molar-refractivity contribution >= 4 is 11.9 Å². The van der Waals surface area contributed by atoms with Gasteiger partial charge in [0.1, 0.15) is 0 Å². The maximum Gasteiger partial charge on any atom is 0.305 e. The van der Waals surface area contributed by atoms with Gasteiger partial charge in [0.15, 0.2) is 0 Å². The van der Waals surface area contributed by atoms with E-state index in [1.54, 1.807) is 0 Å². The van der Waals surface area contributed by atoms with Gasteiger partial charge >= 0.3 is 11.9 Å². The molecule has 0 atom stereocenters. The second-order valence-electron chi connectivity index (χ2n) is 11.9. The van der Waals surface area contributed by atoms with Crippen LogP contribution in [0.15, 0.2) is 0 Å². The summed E-state index contributed by atoms with van der Waals surface area (Å²) < 4.78 is 10.7. The van der Waals surface area contributed by atoms with E-state index in [-0.39, 0.29) is 11.9 Å². The fourth-order valence-electron chi connectivity index (χ4n) is 4.90. The minimum Gasteiger partial charge on any atom is -0.466 e. The molecule has 0 aromatic rings. The predicted octanol–water partition coefficient (Wildman–Crippen LogP) is 10.9. The van der Waals surface area contributed by atoms with Gasteiger partial charge in [-0.3, -0.25) is 9.59 Å². The minimum absolute atomic E-state index is 0.0360. The van der Waals surface area contributed by atoms with Crippen molar-refractivity contribution in [1.29, 1.82) is 0 Å². The van der Waals surface area contributed by atoms with Gasteiger partial charge in [-0.1, -0.05) is 143 Å². The molecule has 0 N–H and O–H groups in total. The summed E-state index contributed by atoms with van der Waals surface area (Å²) in [5.41, 5.74) is 0. The summed E-state index contributed by atoms with van der Waals surface area (Å²) in [7, 11) is 0. The molecule has 0 aliphatic heterocycles. The van der Waals surface area contributed by atoms with Gasteiger partial charge in [-0.2, -0.15) is 0 Å². The molecule has 0 aliphatic rings. The number of ether oxygens (including phenoxy) is 2. The number of hydrogen-bond donors (Lipinski definition) is 0. The van der Waals surface area contributed by atoms with E-state index in [9.17, 15) is 9.59 Å². The summed E-state index contributed by atoms with van der Waals surface area (Å²) in [6.07, 6.45) is 31.0. The Morgan fingerprint density at radius 3 is 1.13 bits per heavy atom. The van der Waals surface area contributed by atoms with Gasteiger partial charge in [0.2, 0.25) is 0 Å². The van der Waals surface area contributed by atoms with Crippen molar-refractivity contribution in [1.82, 2.24) is 0 Å². The Bertz CT molecular complexity index is 503. The van der Waals surface area contributed by atoms with Crippen LogP contribution in [-0.4, -0.2) is 25.2 Å². The van der Waals surface area contributed by atoms with Gasteiger partial charge in [-0.25, -0.2) is 0 Å². The Kier molecular flexibility index (Phi) is 29.6. The highest BCUT2D eigenvalue weighted by atomic mass is 16.5. The lowest BCUT2D eigenvalue weighted by Gasteiger charge is -2.07. The minimum atomic E-state index is -0.0548. The quantitative estimate of drug-likeness (QED) is 0.0674. The zero-order valence-corrected chi connectivity index (χ0v) is 26.0. The zero-order chi connectivity index (χ0) is 27.9. The van der Waals surface area contributed by atoms with Gasteiger partial charge in [0.05, 0.1) is 13.2 Å². The van der Waals surface area contributed by atoms with E-state index in [1.807, 2.05) is 0 Å². The first-order chi connectivity index (χ1) is 18.6. The molecule has 38 heavy (non-hydrogen) atoms. The van der Waals surface area contributed by atoms with Crippen molar-refractivity contribution in [2.24, 2.45) is 5.92 Å². The Hall–Kier alpha value is -1.06. The molecule has 0 amide bonds. The number of hydrogen-bond acceptors (Lipinski definition) is 4. The molecule has 0 bridgehead atoms. The van der Waals surface area contributed by atoms with Crippen LogP contribution in [0.5, 0.6) is 0 Å². The Labute approximate surface area is 237 Å². The van der Waals surface area contributed by atoms with Gasteiger partial charge in [0, 0.05) is 12.8 Å². The number of rotatable bonds is 30. The molecule has 0 heterocycles. The van der Waals surface area contributed by atoms with E-state index >= 15 is 0 Å². The first kappa shape index (κ1) is 36.9. The van der Waals surface area contributed by atoms with Crippen LogP contribution in [0.3, 0.4) is 0 Å². The van der Waals surface area contributed by atoms with Gasteiger partial charge in [-0.05, 0) is 38.0 Å². The maximum absolute atomic E-state index is 11.9. The van der Waals surface area contributed by atoms with E-state index < -0.39 is 0 Å². The molecule has 4 heteroatoms. The van der Waals surface area contributed by atoms with Crippen LogP contribution in [0.1, 0.15) is 188 Å². The van der Waals surface area contributed by atoms with E-state index in [0.717, 1.165) is 57.8 Å². The molecule has 226 valence electrons. The molecule has 0 fully saturated rings. The van der Waals surface area contributed by atoms with Gasteiger partial charge in [0.25, 0.3) is 0 Å². The summed E-state index contributed by atoms with van der Waals surface area (Å²) in [6, 6.07) is 0. The topological polar surface area (TPSA) is 52.6 Å². The monoisotopic (exact) mass is 538 g/mol. The third-order valence-corrected chi connectivity index (χ3v) is 7.46. The highest BCUT2D eigenvalue weighted by Crippen LogP contribution is 2.14. The summed E-state index contributed by atoms with van der Waals surface area (Å²) in [6.45, 7) is 7.81. The molecule has 0 saturated carbocycles. The van der Waals surface area contributed by atoms with E-state index in [0.29, 0.717) is 32.0 Å². The molecule has 0 unspecified atom stereocenters. The van der Waals surface area contributed by atoms with E-state index in [2.05, 4.69) is 20.8 Å². The predicted molar refractivity (Wildman–Crippen MR) is 162 cm³/mol. The normalized spacial score (nSPS) is 11.3. The zero-order valence-electron chi connectivity index (χ0n) is 26.0. The second kappa shape index (κ2) is 30.5. The third kappa shape index (κ3) is 31.2. The smallest absolute Gasteiger partial charge is 0.305 e. The lowest BCUT2D eigenvalue weighted by Crippen LogP contribution is -2.06.